The number of para-hydroxylation sites is 1. The van der Waals surface area contributed by atoms with Crippen molar-refractivity contribution >= 4 is 45.9 Å². The number of nitrogens with zero attached hydrogens (tertiary/aromatic N) is 5. The molecule has 168 valence electrons. The molecule has 10 heteroatoms. The third-order valence-electron chi connectivity index (χ3n) is 4.98. The predicted molar refractivity (Wildman–Crippen MR) is 132 cm³/mol. The van der Waals surface area contributed by atoms with Crippen molar-refractivity contribution in [3.05, 3.63) is 83.9 Å². The Balaban J connectivity index is 1.39. The number of nitrogens with one attached hydrogen (secondary N) is 1. The fourth-order valence-electron chi connectivity index (χ4n) is 3.45. The van der Waals surface area contributed by atoms with Crippen molar-refractivity contribution < 1.29 is 9.90 Å². The van der Waals surface area contributed by atoms with Gasteiger partial charge in [0.25, 0.3) is 5.91 Å². The number of hydrogen-bond acceptors (Lipinski definition) is 6. The number of aromatic nitrogens is 4. The minimum Gasteiger partial charge on any atom is -0.493 e. The highest BCUT2D eigenvalue weighted by Crippen LogP contribution is 2.37. The van der Waals surface area contributed by atoms with Crippen LogP contribution in [0, 0.1) is 0 Å². The zero-order valence-electron chi connectivity index (χ0n) is 17.6. The maximum absolute atomic E-state index is 12.5. The molecule has 0 aliphatic carbocycles. The van der Waals surface area contributed by atoms with E-state index in [4.69, 9.17) is 11.6 Å². The second-order valence-corrected chi connectivity index (χ2v) is 8.62. The summed E-state index contributed by atoms with van der Waals surface area (Å²) in [6.45, 7) is 0. The van der Waals surface area contributed by atoms with Gasteiger partial charge in [0.15, 0.2) is 16.7 Å². The Hall–Kier alpha value is -3.95. The lowest BCUT2D eigenvalue weighted by Gasteiger charge is -2.09. The largest absolute Gasteiger partial charge is 0.493 e. The number of hydrogen-bond donors (Lipinski definition) is 2. The maximum Gasteiger partial charge on any atom is 0.275 e. The number of fused-ring (bicyclic) bond motifs is 1. The van der Waals surface area contributed by atoms with E-state index in [1.807, 2.05) is 65.2 Å². The standard InChI is InChI=1S/C24H17ClN6O2S/c25-16-11-12-19-18(13-16)21(23(33)26-19)28-27-20(32)14-34-24-30-29-22(15-7-3-1-4-8-15)31(24)17-9-5-2-6-10-17/h1-13,26,33H,14H2. The molecule has 5 aromatic rings. The predicted octanol–water partition coefficient (Wildman–Crippen LogP) is 6.18. The molecule has 34 heavy (non-hydrogen) atoms. The molecule has 0 aliphatic rings. The van der Waals surface area contributed by atoms with Crippen molar-refractivity contribution in [1.82, 2.24) is 19.7 Å². The molecular weight excluding hydrogens is 472 g/mol. The number of rotatable bonds is 6. The molecule has 0 bridgehead atoms. The second-order valence-electron chi connectivity index (χ2n) is 7.24. The number of carbonyl (C=O) groups is 1. The molecule has 0 spiro atoms. The first kappa shape index (κ1) is 21.9. The van der Waals surface area contributed by atoms with Crippen molar-refractivity contribution in [2.24, 2.45) is 10.2 Å². The van der Waals surface area contributed by atoms with Gasteiger partial charge in [-0.05, 0) is 30.3 Å². The highest BCUT2D eigenvalue weighted by molar-refractivity contribution is 7.99. The Morgan fingerprint density at radius 3 is 2.53 bits per heavy atom. The first-order valence-electron chi connectivity index (χ1n) is 10.2. The molecule has 5 rings (SSSR count). The van der Waals surface area contributed by atoms with E-state index in [2.05, 4.69) is 25.4 Å². The highest BCUT2D eigenvalue weighted by atomic mass is 35.5. The van der Waals surface area contributed by atoms with Crippen LogP contribution in [0.5, 0.6) is 5.88 Å². The van der Waals surface area contributed by atoms with Crippen LogP contribution in [-0.4, -0.2) is 36.5 Å². The summed E-state index contributed by atoms with van der Waals surface area (Å²) in [5, 5.41) is 28.1. The number of H-pyrrole nitrogens is 1. The highest BCUT2D eigenvalue weighted by Gasteiger charge is 2.17. The van der Waals surface area contributed by atoms with Gasteiger partial charge in [-0.15, -0.1) is 20.4 Å². The third kappa shape index (κ3) is 4.43. The van der Waals surface area contributed by atoms with Crippen molar-refractivity contribution in [3.8, 4) is 23.0 Å². The van der Waals surface area contributed by atoms with E-state index in [-0.39, 0.29) is 17.3 Å². The molecule has 3 aromatic carbocycles. The maximum atomic E-state index is 12.5. The molecule has 0 aliphatic heterocycles. The van der Waals surface area contributed by atoms with Gasteiger partial charge >= 0.3 is 0 Å². The van der Waals surface area contributed by atoms with Crippen LogP contribution >= 0.6 is 23.4 Å². The number of azo groups is 1. The number of aromatic amines is 1. The Bertz CT molecular complexity index is 1500. The van der Waals surface area contributed by atoms with Crippen molar-refractivity contribution in [1.29, 1.82) is 0 Å². The minimum atomic E-state index is -0.482. The van der Waals surface area contributed by atoms with Crippen LogP contribution in [0.1, 0.15) is 0 Å². The van der Waals surface area contributed by atoms with Crippen LogP contribution in [0.25, 0.3) is 28.0 Å². The van der Waals surface area contributed by atoms with Gasteiger partial charge in [-0.3, -0.25) is 9.36 Å². The summed E-state index contributed by atoms with van der Waals surface area (Å²) in [6, 6.07) is 24.5. The fraction of sp³-hybridized carbons (Fsp3) is 0.0417. The molecule has 0 radical (unpaired) electrons. The second kappa shape index (κ2) is 9.50. The van der Waals surface area contributed by atoms with Gasteiger partial charge in [0.1, 0.15) is 0 Å². The lowest BCUT2D eigenvalue weighted by atomic mass is 10.2. The summed E-state index contributed by atoms with van der Waals surface area (Å²) in [7, 11) is 0. The third-order valence-corrected chi connectivity index (χ3v) is 6.13. The van der Waals surface area contributed by atoms with Crippen LogP contribution in [0.3, 0.4) is 0 Å². The summed E-state index contributed by atoms with van der Waals surface area (Å²) in [6.07, 6.45) is 0. The lowest BCUT2D eigenvalue weighted by Crippen LogP contribution is -2.02. The Morgan fingerprint density at radius 1 is 1.03 bits per heavy atom. The summed E-state index contributed by atoms with van der Waals surface area (Å²) < 4.78 is 1.90. The molecular formula is C24H17ClN6O2S. The fourth-order valence-corrected chi connectivity index (χ4v) is 4.35. The average molecular weight is 489 g/mol. The van der Waals surface area contributed by atoms with Crippen LogP contribution in [0.4, 0.5) is 5.69 Å². The molecule has 0 atom stereocenters. The van der Waals surface area contributed by atoms with Crippen LogP contribution in [-0.2, 0) is 4.79 Å². The van der Waals surface area contributed by atoms with Gasteiger partial charge < -0.3 is 10.1 Å². The van der Waals surface area contributed by atoms with Crippen LogP contribution < -0.4 is 0 Å². The average Bonchev–Trinajstić information content (AvgIpc) is 3.42. The smallest absolute Gasteiger partial charge is 0.275 e. The molecule has 0 fully saturated rings. The van der Waals surface area contributed by atoms with Gasteiger partial charge in [-0.2, -0.15) is 0 Å². The molecule has 2 heterocycles. The van der Waals surface area contributed by atoms with E-state index in [0.29, 0.717) is 26.9 Å². The van der Waals surface area contributed by atoms with E-state index in [9.17, 15) is 9.90 Å². The minimum absolute atomic E-state index is 0.00682. The number of carbonyl (C=O) groups excluding carboxylic acids is 1. The topological polar surface area (TPSA) is 109 Å². The van der Waals surface area contributed by atoms with Crippen LogP contribution in [0.2, 0.25) is 5.02 Å². The van der Waals surface area contributed by atoms with Crippen molar-refractivity contribution in [3.63, 3.8) is 0 Å². The number of amides is 1. The number of benzene rings is 3. The molecule has 8 nitrogen and oxygen atoms in total. The van der Waals surface area contributed by atoms with E-state index in [1.165, 1.54) is 11.8 Å². The van der Waals surface area contributed by atoms with Gasteiger partial charge in [0.2, 0.25) is 5.88 Å². The summed E-state index contributed by atoms with van der Waals surface area (Å²) in [4.78, 5) is 15.3. The number of aromatic hydroxyl groups is 1. The lowest BCUT2D eigenvalue weighted by molar-refractivity contribution is -0.115. The summed E-state index contributed by atoms with van der Waals surface area (Å²) in [5.74, 6) is -0.000877. The Kier molecular flexibility index (Phi) is 6.11. The quantitative estimate of drug-likeness (QED) is 0.219. The molecule has 1 amide bonds. The summed E-state index contributed by atoms with van der Waals surface area (Å²) in [5.41, 5.74) is 2.59. The normalized spacial score (nSPS) is 11.4. The number of halogens is 1. The van der Waals surface area contributed by atoms with E-state index >= 15 is 0 Å². The monoisotopic (exact) mass is 488 g/mol. The van der Waals surface area contributed by atoms with Gasteiger partial charge in [-0.25, -0.2) is 0 Å². The SMILES string of the molecule is O=C(CSc1nnc(-c2ccccc2)n1-c1ccccc1)N=Nc1c(O)[nH]c2ccc(Cl)cc12. The van der Waals surface area contributed by atoms with Crippen LogP contribution in [0.15, 0.2) is 94.2 Å². The molecule has 0 unspecified atom stereocenters. The molecule has 0 saturated heterocycles. The Labute approximate surface area is 203 Å². The first-order valence-corrected chi connectivity index (χ1v) is 11.6. The first-order chi connectivity index (χ1) is 16.6. The summed E-state index contributed by atoms with van der Waals surface area (Å²) >= 11 is 7.25. The number of thioether (sulfide) groups is 1. The Morgan fingerprint density at radius 2 is 1.76 bits per heavy atom. The molecule has 0 saturated carbocycles. The van der Waals surface area contributed by atoms with Gasteiger partial charge in [0.05, 0.1) is 11.3 Å². The molecule has 2 aromatic heterocycles. The molecule has 2 N–H and O–H groups in total. The zero-order valence-corrected chi connectivity index (χ0v) is 19.2. The van der Waals surface area contributed by atoms with Gasteiger partial charge in [0, 0.05) is 21.7 Å². The van der Waals surface area contributed by atoms with Crippen molar-refractivity contribution in [2.75, 3.05) is 5.75 Å². The van der Waals surface area contributed by atoms with E-state index in [0.717, 1.165) is 11.3 Å². The van der Waals surface area contributed by atoms with Crippen molar-refractivity contribution in [2.45, 2.75) is 5.16 Å². The van der Waals surface area contributed by atoms with E-state index < -0.39 is 5.91 Å². The van der Waals surface area contributed by atoms with E-state index in [1.54, 1.807) is 18.2 Å². The zero-order chi connectivity index (χ0) is 23.5. The van der Waals surface area contributed by atoms with Gasteiger partial charge in [-0.1, -0.05) is 71.9 Å².